The van der Waals surface area contributed by atoms with Crippen LogP contribution < -0.4 is 10.6 Å². The molecular formula is C13H17ClN2O3. The summed E-state index contributed by atoms with van der Waals surface area (Å²) in [5, 5.41) is 5.29. The smallest absolute Gasteiger partial charge is 0.411 e. The van der Waals surface area contributed by atoms with Gasteiger partial charge < -0.3 is 10.1 Å². The average molecular weight is 285 g/mol. The Hall–Kier alpha value is -1.75. The van der Waals surface area contributed by atoms with Crippen molar-refractivity contribution >= 4 is 35.0 Å². The molecule has 0 aliphatic carbocycles. The van der Waals surface area contributed by atoms with E-state index in [1.165, 1.54) is 7.11 Å². The van der Waals surface area contributed by atoms with Crippen LogP contribution in [0.25, 0.3) is 0 Å². The van der Waals surface area contributed by atoms with Crippen LogP contribution in [0.1, 0.15) is 19.3 Å². The molecule has 2 N–H and O–H groups in total. The minimum absolute atomic E-state index is 0.0428. The second kappa shape index (κ2) is 8.37. The molecule has 6 heteroatoms. The number of methoxy groups -OCH3 is 1. The Morgan fingerprint density at radius 1 is 1.11 bits per heavy atom. The molecule has 0 saturated carbocycles. The van der Waals surface area contributed by atoms with Gasteiger partial charge in [0.25, 0.3) is 0 Å². The maximum atomic E-state index is 11.6. The monoisotopic (exact) mass is 284 g/mol. The number of unbranched alkanes of at least 4 members (excludes halogenated alkanes) is 1. The molecule has 19 heavy (non-hydrogen) atoms. The summed E-state index contributed by atoms with van der Waals surface area (Å²) in [6.45, 7) is 0. The number of hydrogen-bond donors (Lipinski definition) is 2. The van der Waals surface area contributed by atoms with Gasteiger partial charge in [0.15, 0.2) is 0 Å². The first-order chi connectivity index (χ1) is 9.15. The maximum Gasteiger partial charge on any atom is 0.411 e. The zero-order valence-corrected chi connectivity index (χ0v) is 11.5. The number of alkyl halides is 1. The van der Waals surface area contributed by atoms with Gasteiger partial charge in [0.2, 0.25) is 5.91 Å². The second-order valence-corrected chi connectivity index (χ2v) is 4.27. The normalized spacial score (nSPS) is 9.79. The Balaban J connectivity index is 2.43. The van der Waals surface area contributed by atoms with Crippen LogP contribution in [-0.4, -0.2) is 25.0 Å². The summed E-state index contributed by atoms with van der Waals surface area (Å²) in [5.41, 5.74) is 1.29. The van der Waals surface area contributed by atoms with Crippen LogP contribution in [0.15, 0.2) is 24.3 Å². The molecule has 1 aromatic rings. The lowest BCUT2D eigenvalue weighted by molar-refractivity contribution is -0.116. The quantitative estimate of drug-likeness (QED) is 0.622. The summed E-state index contributed by atoms with van der Waals surface area (Å²) in [5.74, 6) is 0.528. The molecule has 0 aliphatic heterocycles. The van der Waals surface area contributed by atoms with E-state index in [0.29, 0.717) is 23.7 Å². The summed E-state index contributed by atoms with van der Waals surface area (Å²) in [6.07, 6.45) is 1.53. The van der Waals surface area contributed by atoms with Gasteiger partial charge in [0.1, 0.15) is 0 Å². The minimum Gasteiger partial charge on any atom is -0.453 e. The molecule has 1 rings (SSSR count). The number of carbonyl (C=O) groups excluding carboxylic acids is 2. The fourth-order valence-electron chi connectivity index (χ4n) is 1.41. The minimum atomic E-state index is -0.530. The van der Waals surface area contributed by atoms with E-state index in [1.54, 1.807) is 24.3 Å². The van der Waals surface area contributed by atoms with Crippen molar-refractivity contribution in [2.75, 3.05) is 23.6 Å². The molecule has 0 unspecified atom stereocenters. The number of benzene rings is 1. The fourth-order valence-corrected chi connectivity index (χ4v) is 1.60. The number of hydrogen-bond acceptors (Lipinski definition) is 3. The van der Waals surface area contributed by atoms with E-state index >= 15 is 0 Å². The van der Waals surface area contributed by atoms with Crippen LogP contribution in [0.2, 0.25) is 0 Å². The number of ether oxygens (including phenoxy) is 1. The van der Waals surface area contributed by atoms with E-state index in [2.05, 4.69) is 15.4 Å². The SMILES string of the molecule is COC(=O)Nc1ccc(NC(=O)CCCCCl)cc1. The standard InChI is InChI=1S/C13H17ClN2O3/c1-19-13(18)16-11-7-5-10(6-8-11)15-12(17)4-2-3-9-14/h5-8H,2-4,9H2,1H3,(H,15,17)(H,16,18). The summed E-state index contributed by atoms with van der Waals surface area (Å²) in [7, 11) is 1.30. The zero-order chi connectivity index (χ0) is 14.1. The summed E-state index contributed by atoms with van der Waals surface area (Å²) in [6, 6.07) is 6.80. The van der Waals surface area contributed by atoms with Crippen LogP contribution in [0.4, 0.5) is 16.2 Å². The molecule has 0 bridgehead atoms. The molecule has 0 spiro atoms. The molecule has 0 fully saturated rings. The molecule has 0 aromatic heterocycles. The van der Waals surface area contributed by atoms with Crippen molar-refractivity contribution in [3.05, 3.63) is 24.3 Å². The maximum absolute atomic E-state index is 11.6. The van der Waals surface area contributed by atoms with Crippen molar-refractivity contribution in [2.24, 2.45) is 0 Å². The zero-order valence-electron chi connectivity index (χ0n) is 10.7. The van der Waals surface area contributed by atoms with E-state index in [0.717, 1.165) is 12.8 Å². The van der Waals surface area contributed by atoms with Gasteiger partial charge >= 0.3 is 6.09 Å². The van der Waals surface area contributed by atoms with Crippen molar-refractivity contribution in [1.29, 1.82) is 0 Å². The first kappa shape index (κ1) is 15.3. The molecule has 0 atom stereocenters. The number of anilines is 2. The Morgan fingerprint density at radius 2 is 1.68 bits per heavy atom. The molecule has 0 heterocycles. The van der Waals surface area contributed by atoms with E-state index in [1.807, 2.05) is 0 Å². The van der Waals surface area contributed by atoms with E-state index in [4.69, 9.17) is 11.6 Å². The van der Waals surface area contributed by atoms with Gasteiger partial charge in [-0.05, 0) is 37.1 Å². The Labute approximate surface area is 117 Å². The van der Waals surface area contributed by atoms with Crippen LogP contribution >= 0.6 is 11.6 Å². The fraction of sp³-hybridized carbons (Fsp3) is 0.385. The number of halogens is 1. The average Bonchev–Trinajstić information content (AvgIpc) is 2.41. The molecule has 104 valence electrons. The van der Waals surface area contributed by atoms with E-state index < -0.39 is 6.09 Å². The molecular weight excluding hydrogens is 268 g/mol. The number of amides is 2. The lowest BCUT2D eigenvalue weighted by Crippen LogP contribution is -2.12. The first-order valence-corrected chi connectivity index (χ1v) is 6.50. The number of nitrogens with one attached hydrogen (secondary N) is 2. The van der Waals surface area contributed by atoms with Gasteiger partial charge in [-0.2, -0.15) is 0 Å². The van der Waals surface area contributed by atoms with Crippen molar-refractivity contribution < 1.29 is 14.3 Å². The second-order valence-electron chi connectivity index (χ2n) is 3.89. The third-order valence-corrected chi connectivity index (χ3v) is 2.66. The molecule has 0 saturated heterocycles. The van der Waals surface area contributed by atoms with Gasteiger partial charge in [-0.25, -0.2) is 4.79 Å². The third-order valence-electron chi connectivity index (χ3n) is 2.39. The lowest BCUT2D eigenvalue weighted by atomic mass is 10.2. The van der Waals surface area contributed by atoms with Gasteiger partial charge in [-0.15, -0.1) is 11.6 Å². The molecule has 1 aromatic carbocycles. The Kier molecular flexibility index (Phi) is 6.74. The summed E-state index contributed by atoms with van der Waals surface area (Å²) >= 11 is 5.54. The van der Waals surface area contributed by atoms with Gasteiger partial charge in [0.05, 0.1) is 7.11 Å². The van der Waals surface area contributed by atoms with Gasteiger partial charge in [0, 0.05) is 23.7 Å². The van der Waals surface area contributed by atoms with Crippen molar-refractivity contribution in [1.82, 2.24) is 0 Å². The Bertz CT molecular complexity index is 420. The predicted octanol–water partition coefficient (Wildman–Crippen LogP) is 3.21. The van der Waals surface area contributed by atoms with E-state index in [9.17, 15) is 9.59 Å². The van der Waals surface area contributed by atoms with Crippen molar-refractivity contribution in [3.8, 4) is 0 Å². The van der Waals surface area contributed by atoms with Crippen LogP contribution in [-0.2, 0) is 9.53 Å². The largest absolute Gasteiger partial charge is 0.453 e. The van der Waals surface area contributed by atoms with Gasteiger partial charge in [-0.3, -0.25) is 10.1 Å². The topological polar surface area (TPSA) is 67.4 Å². The van der Waals surface area contributed by atoms with Gasteiger partial charge in [-0.1, -0.05) is 0 Å². The highest BCUT2D eigenvalue weighted by Crippen LogP contribution is 2.14. The number of carbonyl (C=O) groups is 2. The van der Waals surface area contributed by atoms with Crippen molar-refractivity contribution in [2.45, 2.75) is 19.3 Å². The van der Waals surface area contributed by atoms with Crippen LogP contribution in [0.3, 0.4) is 0 Å². The number of rotatable bonds is 6. The van der Waals surface area contributed by atoms with E-state index in [-0.39, 0.29) is 5.91 Å². The summed E-state index contributed by atoms with van der Waals surface area (Å²) in [4.78, 5) is 22.5. The molecule has 2 amide bonds. The third kappa shape index (κ3) is 6.10. The van der Waals surface area contributed by atoms with Crippen molar-refractivity contribution in [3.63, 3.8) is 0 Å². The highest BCUT2D eigenvalue weighted by molar-refractivity contribution is 6.17. The lowest BCUT2D eigenvalue weighted by Gasteiger charge is -2.07. The highest BCUT2D eigenvalue weighted by Gasteiger charge is 2.03. The molecule has 5 nitrogen and oxygen atoms in total. The highest BCUT2D eigenvalue weighted by atomic mass is 35.5. The Morgan fingerprint density at radius 3 is 2.21 bits per heavy atom. The first-order valence-electron chi connectivity index (χ1n) is 5.96. The van der Waals surface area contributed by atoms with Crippen LogP contribution in [0, 0.1) is 0 Å². The molecule has 0 radical (unpaired) electrons. The molecule has 0 aliphatic rings. The summed E-state index contributed by atoms with van der Waals surface area (Å²) < 4.78 is 4.47. The van der Waals surface area contributed by atoms with Crippen LogP contribution in [0.5, 0.6) is 0 Å². The predicted molar refractivity (Wildman–Crippen MR) is 75.7 cm³/mol.